The van der Waals surface area contributed by atoms with Gasteiger partial charge in [0.2, 0.25) is 5.75 Å². The van der Waals surface area contributed by atoms with Gasteiger partial charge in [-0.3, -0.25) is 0 Å². The summed E-state index contributed by atoms with van der Waals surface area (Å²) in [6.45, 7) is 0.776. The summed E-state index contributed by atoms with van der Waals surface area (Å²) in [5, 5.41) is 4.33. The molecule has 7 heteroatoms. The predicted octanol–water partition coefficient (Wildman–Crippen LogP) is 5.97. The highest BCUT2D eigenvalue weighted by molar-refractivity contribution is 14.1. The quantitative estimate of drug-likeness (QED) is 0.229. The fraction of sp³-hybridized carbons (Fsp3) is 0.179. The van der Waals surface area contributed by atoms with Crippen LogP contribution in [0, 0.1) is 3.57 Å². The Morgan fingerprint density at radius 3 is 2.14 bits per heavy atom. The molecule has 2 heterocycles. The molecule has 0 saturated heterocycles. The zero-order valence-corrected chi connectivity index (χ0v) is 21.2. The molecule has 0 N–H and O–H groups in total. The Morgan fingerprint density at radius 1 is 0.800 bits per heavy atom. The average molecular weight is 577 g/mol. The van der Waals surface area contributed by atoms with Crippen molar-refractivity contribution >= 4 is 28.3 Å². The van der Waals surface area contributed by atoms with Gasteiger partial charge in [0.05, 0.1) is 11.4 Å². The first kappa shape index (κ1) is 23.3. The van der Waals surface area contributed by atoms with Crippen LogP contribution in [-0.2, 0) is 24.5 Å². The maximum atomic E-state index is 6.23. The first-order chi connectivity index (χ1) is 17.2. The van der Waals surface area contributed by atoms with Crippen LogP contribution in [0.1, 0.15) is 28.8 Å². The van der Waals surface area contributed by atoms with Gasteiger partial charge in [-0.15, -0.1) is 0 Å². The van der Waals surface area contributed by atoms with Gasteiger partial charge in [-0.25, -0.2) is 4.98 Å². The lowest BCUT2D eigenvalue weighted by Gasteiger charge is -2.16. The van der Waals surface area contributed by atoms with E-state index in [1.807, 2.05) is 60.7 Å². The van der Waals surface area contributed by atoms with Gasteiger partial charge in [-0.2, -0.15) is 4.98 Å². The molecule has 35 heavy (non-hydrogen) atoms. The van der Waals surface area contributed by atoms with Gasteiger partial charge in [0, 0.05) is 16.4 Å². The lowest BCUT2D eigenvalue weighted by atomic mass is 10.0. The topological polar surface area (TPSA) is 65.8 Å². The summed E-state index contributed by atoms with van der Waals surface area (Å²) in [7, 11) is 0. The Bertz CT molecular complexity index is 1280. The smallest absolute Gasteiger partial charge is 0.260 e. The zero-order valence-electron chi connectivity index (χ0n) is 19.0. The molecule has 3 aromatic carbocycles. The highest BCUT2D eigenvalue weighted by atomic mass is 127. The van der Waals surface area contributed by atoms with E-state index < -0.39 is 0 Å². The molecular weight excluding hydrogens is 553 g/mol. The number of halogens is 1. The summed E-state index contributed by atoms with van der Waals surface area (Å²) < 4.78 is 13.5. The van der Waals surface area contributed by atoms with Crippen LogP contribution >= 0.6 is 22.6 Å². The predicted molar refractivity (Wildman–Crippen MR) is 142 cm³/mol. The Balaban J connectivity index is 1.33. The van der Waals surface area contributed by atoms with E-state index in [0.717, 1.165) is 28.1 Å². The van der Waals surface area contributed by atoms with E-state index in [2.05, 4.69) is 62.0 Å². The summed E-state index contributed by atoms with van der Waals surface area (Å²) in [6, 6.07) is 28.3. The van der Waals surface area contributed by atoms with Crippen molar-refractivity contribution in [2.45, 2.75) is 32.2 Å². The van der Waals surface area contributed by atoms with E-state index >= 15 is 0 Å². The second kappa shape index (κ2) is 11.3. The molecule has 0 amide bonds. The van der Waals surface area contributed by atoms with Crippen molar-refractivity contribution in [1.82, 2.24) is 9.97 Å². The Hall–Kier alpha value is -3.46. The van der Waals surface area contributed by atoms with Gasteiger partial charge in [-0.1, -0.05) is 78.0 Å². The lowest BCUT2D eigenvalue weighted by Crippen LogP contribution is -2.15. The van der Waals surface area contributed by atoms with Crippen LogP contribution in [0.15, 0.2) is 96.4 Å². The van der Waals surface area contributed by atoms with Crippen molar-refractivity contribution < 1.29 is 14.3 Å². The second-order valence-electron chi connectivity index (χ2n) is 8.18. The second-order valence-corrected chi connectivity index (χ2v) is 9.43. The maximum Gasteiger partial charge on any atom is 0.260 e. The van der Waals surface area contributed by atoms with Gasteiger partial charge >= 0.3 is 0 Å². The maximum absolute atomic E-state index is 6.23. The molecule has 0 saturated carbocycles. The molecule has 4 aromatic rings. The fourth-order valence-electron chi connectivity index (χ4n) is 3.81. The average Bonchev–Trinajstić information content (AvgIpc) is 3.37. The summed E-state index contributed by atoms with van der Waals surface area (Å²) in [5.74, 6) is 0.963. The van der Waals surface area contributed by atoms with Crippen molar-refractivity contribution in [1.29, 1.82) is 0 Å². The molecule has 0 bridgehead atoms. The number of aromatic nitrogens is 2. The number of hydrogen-bond acceptors (Lipinski definition) is 6. The number of nitrogens with zero attached hydrogens (tertiary/aromatic N) is 3. The van der Waals surface area contributed by atoms with Crippen LogP contribution in [0.4, 0.5) is 0 Å². The fourth-order valence-corrected chi connectivity index (χ4v) is 4.17. The number of rotatable bonds is 9. The lowest BCUT2D eigenvalue weighted by molar-refractivity contribution is 0.0841. The van der Waals surface area contributed by atoms with E-state index in [-0.39, 0.29) is 6.10 Å². The van der Waals surface area contributed by atoms with E-state index in [1.54, 1.807) is 0 Å². The van der Waals surface area contributed by atoms with Crippen LogP contribution in [-0.4, -0.2) is 21.8 Å². The van der Waals surface area contributed by atoms with Crippen LogP contribution in [0.2, 0.25) is 0 Å². The molecule has 0 aliphatic carbocycles. The minimum absolute atomic E-state index is 0.139. The van der Waals surface area contributed by atoms with Gasteiger partial charge in [0.1, 0.15) is 25.6 Å². The molecule has 0 spiro atoms. The molecule has 6 nitrogen and oxygen atoms in total. The molecular formula is C28H24IN3O3. The van der Waals surface area contributed by atoms with Gasteiger partial charge in [0.25, 0.3) is 5.88 Å². The summed E-state index contributed by atoms with van der Waals surface area (Å²) >= 11 is 2.30. The summed E-state index contributed by atoms with van der Waals surface area (Å²) in [4.78, 5) is 14.7. The Kier molecular flexibility index (Phi) is 7.53. The molecule has 0 radical (unpaired) electrons. The monoisotopic (exact) mass is 577 g/mol. The third-order valence-corrected chi connectivity index (χ3v) is 6.34. The zero-order chi connectivity index (χ0) is 23.9. The first-order valence-corrected chi connectivity index (χ1v) is 12.5. The summed E-state index contributed by atoms with van der Waals surface area (Å²) in [6.07, 6.45) is 2.61. The number of ether oxygens (including phenoxy) is 2. The van der Waals surface area contributed by atoms with E-state index in [1.165, 1.54) is 9.90 Å². The summed E-state index contributed by atoms with van der Waals surface area (Å²) in [5.41, 5.74) is 4.85. The third kappa shape index (κ3) is 6.16. The minimum Gasteiger partial charge on any atom is -0.482 e. The van der Waals surface area contributed by atoms with Crippen molar-refractivity contribution in [2.75, 3.05) is 0 Å². The van der Waals surface area contributed by atoms with E-state index in [4.69, 9.17) is 14.3 Å². The normalized spacial score (nSPS) is 14.8. The van der Waals surface area contributed by atoms with Crippen LogP contribution in [0.5, 0.6) is 11.6 Å². The van der Waals surface area contributed by atoms with Gasteiger partial charge in [-0.05, 0) is 51.4 Å². The van der Waals surface area contributed by atoms with Crippen molar-refractivity contribution in [3.8, 4) is 11.6 Å². The Morgan fingerprint density at radius 2 is 1.46 bits per heavy atom. The SMILES string of the molecule is Ic1ccc(C2=NOC(Cc3ncnc(OCc4ccccc4)c3OCc3ccccc3)C2)cc1. The molecule has 5 rings (SSSR count). The molecule has 1 unspecified atom stereocenters. The molecule has 0 fully saturated rings. The molecule has 1 atom stereocenters. The molecule has 1 aliphatic heterocycles. The Labute approximate surface area is 218 Å². The standard InChI is InChI=1S/C28H24IN3O3/c29-23-13-11-22(12-14-23)25-15-24(35-32-25)16-26-27(33-17-20-7-3-1-4-8-20)28(31-19-30-26)34-18-21-9-5-2-6-10-21/h1-14,19,24H,15-18H2. The largest absolute Gasteiger partial charge is 0.482 e. The third-order valence-electron chi connectivity index (χ3n) is 5.62. The number of benzene rings is 3. The van der Waals surface area contributed by atoms with Crippen molar-refractivity contribution in [3.63, 3.8) is 0 Å². The molecule has 1 aliphatic rings. The first-order valence-electron chi connectivity index (χ1n) is 11.4. The molecule has 176 valence electrons. The van der Waals surface area contributed by atoms with Gasteiger partial charge < -0.3 is 14.3 Å². The highest BCUT2D eigenvalue weighted by Gasteiger charge is 2.26. The van der Waals surface area contributed by atoms with E-state index in [9.17, 15) is 0 Å². The molecule has 1 aromatic heterocycles. The van der Waals surface area contributed by atoms with Gasteiger partial charge in [0.15, 0.2) is 0 Å². The number of hydrogen-bond donors (Lipinski definition) is 0. The van der Waals surface area contributed by atoms with Crippen LogP contribution in [0.25, 0.3) is 0 Å². The van der Waals surface area contributed by atoms with E-state index in [0.29, 0.717) is 37.7 Å². The van der Waals surface area contributed by atoms with Crippen molar-refractivity contribution in [2.24, 2.45) is 5.16 Å². The minimum atomic E-state index is -0.139. The highest BCUT2D eigenvalue weighted by Crippen LogP contribution is 2.32. The van der Waals surface area contributed by atoms with Crippen LogP contribution in [0.3, 0.4) is 0 Å². The van der Waals surface area contributed by atoms with Crippen LogP contribution < -0.4 is 9.47 Å². The number of oxime groups is 1. The van der Waals surface area contributed by atoms with Crippen molar-refractivity contribution in [3.05, 3.63) is 117 Å².